The molecule has 0 aliphatic carbocycles. The summed E-state index contributed by atoms with van der Waals surface area (Å²) in [5, 5.41) is 3.37. The molecule has 94 valence electrons. The third kappa shape index (κ3) is 3.17. The highest BCUT2D eigenvalue weighted by Crippen LogP contribution is 2.19. The lowest BCUT2D eigenvalue weighted by Crippen LogP contribution is -2.19. The van der Waals surface area contributed by atoms with Crippen LogP contribution in [0.2, 0.25) is 0 Å². The van der Waals surface area contributed by atoms with Crippen molar-refractivity contribution < 1.29 is 0 Å². The number of hydrogen-bond acceptors (Lipinski definition) is 2. The van der Waals surface area contributed by atoms with E-state index in [0.29, 0.717) is 6.04 Å². The minimum atomic E-state index is 0.319. The first-order chi connectivity index (χ1) is 8.69. The van der Waals surface area contributed by atoms with E-state index in [0.717, 1.165) is 6.42 Å². The van der Waals surface area contributed by atoms with Gasteiger partial charge in [-0.1, -0.05) is 35.4 Å². The van der Waals surface area contributed by atoms with Crippen LogP contribution in [0.5, 0.6) is 0 Å². The Labute approximate surface area is 109 Å². The van der Waals surface area contributed by atoms with Crippen LogP contribution in [0, 0.1) is 13.8 Å². The van der Waals surface area contributed by atoms with Gasteiger partial charge in [-0.2, -0.15) is 0 Å². The van der Waals surface area contributed by atoms with Crippen LogP contribution in [0.3, 0.4) is 0 Å². The quantitative estimate of drug-likeness (QED) is 0.887. The molecule has 1 aromatic heterocycles. The summed E-state index contributed by atoms with van der Waals surface area (Å²) in [4.78, 5) is 4.19. The minimum Gasteiger partial charge on any atom is -0.313 e. The Morgan fingerprint density at radius 1 is 1.17 bits per heavy atom. The predicted molar refractivity (Wildman–Crippen MR) is 75.7 cm³/mol. The Balaban J connectivity index is 2.20. The van der Waals surface area contributed by atoms with E-state index in [4.69, 9.17) is 0 Å². The molecule has 2 nitrogen and oxygen atoms in total. The molecule has 0 spiro atoms. The fourth-order valence-corrected chi connectivity index (χ4v) is 2.39. The van der Waals surface area contributed by atoms with E-state index in [2.05, 4.69) is 48.4 Å². The number of aromatic nitrogens is 1. The molecule has 0 aliphatic rings. The van der Waals surface area contributed by atoms with Gasteiger partial charge in [0.1, 0.15) is 0 Å². The predicted octanol–water partition coefficient (Wildman–Crippen LogP) is 3.20. The van der Waals surface area contributed by atoms with Gasteiger partial charge in [0.05, 0.1) is 0 Å². The Bertz CT molecular complexity index is 486. The Morgan fingerprint density at radius 3 is 2.44 bits per heavy atom. The zero-order chi connectivity index (χ0) is 13.0. The second kappa shape index (κ2) is 5.78. The van der Waals surface area contributed by atoms with Gasteiger partial charge in [0, 0.05) is 18.4 Å². The smallest absolute Gasteiger partial charge is 0.0373 e. The molecule has 2 aromatic rings. The van der Waals surface area contributed by atoms with Crippen molar-refractivity contribution in [2.75, 3.05) is 7.05 Å². The van der Waals surface area contributed by atoms with Crippen molar-refractivity contribution in [3.05, 3.63) is 65.0 Å². The Hall–Kier alpha value is -1.67. The van der Waals surface area contributed by atoms with Crippen LogP contribution in [0.15, 0.2) is 42.7 Å². The number of rotatable bonds is 4. The molecule has 0 aliphatic heterocycles. The van der Waals surface area contributed by atoms with Crippen LogP contribution in [-0.2, 0) is 6.42 Å². The van der Waals surface area contributed by atoms with E-state index in [1.165, 1.54) is 22.3 Å². The summed E-state index contributed by atoms with van der Waals surface area (Å²) in [5.41, 5.74) is 5.26. The number of hydrogen-bond donors (Lipinski definition) is 1. The van der Waals surface area contributed by atoms with Crippen LogP contribution >= 0.6 is 0 Å². The summed E-state index contributed by atoms with van der Waals surface area (Å²) < 4.78 is 0. The van der Waals surface area contributed by atoms with Crippen molar-refractivity contribution in [2.45, 2.75) is 26.3 Å². The summed E-state index contributed by atoms with van der Waals surface area (Å²) in [7, 11) is 2.00. The molecule has 0 bridgehead atoms. The molecule has 1 heterocycles. The molecule has 2 rings (SSSR count). The Kier molecular flexibility index (Phi) is 4.11. The number of nitrogens with one attached hydrogen (secondary N) is 1. The standard InChI is InChI=1S/C16H20N2/c1-12-7-13(2)9-14(8-12)10-16(17-3)15-5-4-6-18-11-15/h4-9,11,16-17H,10H2,1-3H3. The van der Waals surface area contributed by atoms with Gasteiger partial charge in [0.25, 0.3) is 0 Å². The fourth-order valence-electron chi connectivity index (χ4n) is 2.39. The summed E-state index contributed by atoms with van der Waals surface area (Å²) in [6.07, 6.45) is 4.74. The molecule has 1 atom stereocenters. The monoisotopic (exact) mass is 240 g/mol. The fraction of sp³-hybridized carbons (Fsp3) is 0.312. The second-order valence-electron chi connectivity index (χ2n) is 4.83. The van der Waals surface area contributed by atoms with Crippen LogP contribution in [0.25, 0.3) is 0 Å². The van der Waals surface area contributed by atoms with Gasteiger partial charge in [-0.25, -0.2) is 0 Å². The minimum absolute atomic E-state index is 0.319. The highest BCUT2D eigenvalue weighted by molar-refractivity contribution is 5.30. The highest BCUT2D eigenvalue weighted by Gasteiger charge is 2.10. The first-order valence-electron chi connectivity index (χ1n) is 6.33. The molecule has 0 radical (unpaired) electrons. The third-order valence-electron chi connectivity index (χ3n) is 3.16. The van der Waals surface area contributed by atoms with Gasteiger partial charge >= 0.3 is 0 Å². The summed E-state index contributed by atoms with van der Waals surface area (Å²) in [5.74, 6) is 0. The normalized spacial score (nSPS) is 12.4. The summed E-state index contributed by atoms with van der Waals surface area (Å²) in [6, 6.07) is 11.2. The van der Waals surface area contributed by atoms with Crippen molar-refractivity contribution in [1.82, 2.24) is 10.3 Å². The van der Waals surface area contributed by atoms with Gasteiger partial charge in [-0.15, -0.1) is 0 Å². The molecule has 0 saturated carbocycles. The first kappa shape index (κ1) is 12.8. The molecule has 1 unspecified atom stereocenters. The molecule has 0 saturated heterocycles. The van der Waals surface area contributed by atoms with Crippen molar-refractivity contribution in [3.63, 3.8) is 0 Å². The van der Waals surface area contributed by atoms with E-state index in [1.54, 1.807) is 0 Å². The zero-order valence-corrected chi connectivity index (χ0v) is 11.3. The summed E-state index contributed by atoms with van der Waals surface area (Å²) >= 11 is 0. The largest absolute Gasteiger partial charge is 0.313 e. The van der Waals surface area contributed by atoms with Crippen molar-refractivity contribution in [1.29, 1.82) is 0 Å². The van der Waals surface area contributed by atoms with E-state index in [-0.39, 0.29) is 0 Å². The van der Waals surface area contributed by atoms with Crippen molar-refractivity contribution in [3.8, 4) is 0 Å². The molecular weight excluding hydrogens is 220 g/mol. The van der Waals surface area contributed by atoms with E-state index in [9.17, 15) is 0 Å². The maximum atomic E-state index is 4.19. The lowest BCUT2D eigenvalue weighted by atomic mass is 9.97. The molecule has 0 fully saturated rings. The highest BCUT2D eigenvalue weighted by atomic mass is 14.9. The first-order valence-corrected chi connectivity index (χ1v) is 6.33. The zero-order valence-electron chi connectivity index (χ0n) is 11.3. The second-order valence-corrected chi connectivity index (χ2v) is 4.83. The van der Waals surface area contributed by atoms with Gasteiger partial charge < -0.3 is 5.32 Å². The van der Waals surface area contributed by atoms with Crippen LogP contribution < -0.4 is 5.32 Å². The average molecular weight is 240 g/mol. The van der Waals surface area contributed by atoms with Crippen molar-refractivity contribution in [2.24, 2.45) is 0 Å². The SMILES string of the molecule is CNC(Cc1cc(C)cc(C)c1)c1cccnc1. The molecule has 1 aromatic carbocycles. The number of benzene rings is 1. The molecular formula is C16H20N2. The van der Waals surface area contributed by atoms with Gasteiger partial charge in [0.15, 0.2) is 0 Å². The van der Waals surface area contributed by atoms with Crippen molar-refractivity contribution >= 4 is 0 Å². The van der Waals surface area contributed by atoms with Gasteiger partial charge in [-0.3, -0.25) is 4.98 Å². The molecule has 2 heteroatoms. The topological polar surface area (TPSA) is 24.9 Å². The van der Waals surface area contributed by atoms with Gasteiger partial charge in [-0.05, 0) is 44.5 Å². The molecule has 1 N–H and O–H groups in total. The third-order valence-corrected chi connectivity index (χ3v) is 3.16. The van der Waals surface area contributed by atoms with Crippen LogP contribution in [-0.4, -0.2) is 12.0 Å². The number of aryl methyl sites for hydroxylation is 2. The maximum Gasteiger partial charge on any atom is 0.0373 e. The summed E-state index contributed by atoms with van der Waals surface area (Å²) in [6.45, 7) is 4.30. The van der Waals surface area contributed by atoms with E-state index in [1.807, 2.05) is 25.5 Å². The Morgan fingerprint density at radius 2 is 1.89 bits per heavy atom. The number of likely N-dealkylation sites (N-methyl/N-ethyl adjacent to an activating group) is 1. The van der Waals surface area contributed by atoms with E-state index < -0.39 is 0 Å². The van der Waals surface area contributed by atoms with Gasteiger partial charge in [0.2, 0.25) is 0 Å². The lowest BCUT2D eigenvalue weighted by molar-refractivity contribution is 0.589. The molecule has 0 amide bonds. The van der Waals surface area contributed by atoms with E-state index >= 15 is 0 Å². The average Bonchev–Trinajstić information content (AvgIpc) is 2.36. The molecule has 18 heavy (non-hydrogen) atoms. The maximum absolute atomic E-state index is 4.19. The van der Waals surface area contributed by atoms with Crippen LogP contribution in [0.4, 0.5) is 0 Å². The lowest BCUT2D eigenvalue weighted by Gasteiger charge is -2.17. The number of nitrogens with zero attached hydrogens (tertiary/aromatic N) is 1. The van der Waals surface area contributed by atoms with Crippen LogP contribution in [0.1, 0.15) is 28.3 Å². The number of pyridine rings is 1.